The summed E-state index contributed by atoms with van der Waals surface area (Å²) in [5, 5.41) is 3.39. The number of benzene rings is 1. The van der Waals surface area contributed by atoms with Crippen LogP contribution in [-0.2, 0) is 10.0 Å². The third kappa shape index (κ3) is 2.44. The van der Waals surface area contributed by atoms with Gasteiger partial charge in [0.1, 0.15) is 4.90 Å². The summed E-state index contributed by atoms with van der Waals surface area (Å²) in [5.74, 6) is 0.868. The van der Waals surface area contributed by atoms with Crippen molar-refractivity contribution >= 4 is 15.7 Å². The van der Waals surface area contributed by atoms with E-state index < -0.39 is 10.0 Å². The van der Waals surface area contributed by atoms with Gasteiger partial charge in [0, 0.05) is 20.6 Å². The van der Waals surface area contributed by atoms with E-state index >= 15 is 0 Å². The van der Waals surface area contributed by atoms with Gasteiger partial charge >= 0.3 is 0 Å². The normalized spacial score (nSPS) is 20.9. The molecule has 0 saturated heterocycles. The van der Waals surface area contributed by atoms with E-state index in [1.54, 1.807) is 26.2 Å². The number of anilines is 1. The van der Waals surface area contributed by atoms with Crippen molar-refractivity contribution in [3.05, 3.63) is 24.3 Å². The van der Waals surface area contributed by atoms with Crippen LogP contribution in [0.3, 0.4) is 0 Å². The average molecular weight is 294 g/mol. The molecule has 5 heteroatoms. The fraction of sp³-hybridized carbons (Fsp3) is 0.600. The highest BCUT2D eigenvalue weighted by Gasteiger charge is 2.53. The minimum atomic E-state index is -3.39. The topological polar surface area (TPSA) is 49.4 Å². The molecular weight excluding hydrogens is 272 g/mol. The van der Waals surface area contributed by atoms with Crippen molar-refractivity contribution < 1.29 is 8.42 Å². The summed E-state index contributed by atoms with van der Waals surface area (Å²) < 4.78 is 25.9. The molecule has 0 heterocycles. The smallest absolute Gasteiger partial charge is 0.244 e. The van der Waals surface area contributed by atoms with Gasteiger partial charge < -0.3 is 5.32 Å². The van der Waals surface area contributed by atoms with Gasteiger partial charge in [-0.05, 0) is 49.1 Å². The van der Waals surface area contributed by atoms with Crippen LogP contribution in [0, 0.1) is 11.3 Å². The zero-order valence-electron chi connectivity index (χ0n) is 12.1. The maximum absolute atomic E-state index is 12.3. The molecule has 1 aromatic carbocycles. The zero-order valence-corrected chi connectivity index (χ0v) is 12.9. The van der Waals surface area contributed by atoms with Crippen LogP contribution in [0.15, 0.2) is 29.2 Å². The molecule has 1 aromatic rings. The maximum Gasteiger partial charge on any atom is 0.244 e. The predicted octanol–water partition coefficient (Wildman–Crippen LogP) is 2.54. The van der Waals surface area contributed by atoms with E-state index in [4.69, 9.17) is 0 Å². The van der Waals surface area contributed by atoms with E-state index in [0.717, 1.165) is 18.2 Å². The number of sulfonamides is 1. The van der Waals surface area contributed by atoms with Crippen molar-refractivity contribution in [1.29, 1.82) is 0 Å². The molecule has 0 aromatic heterocycles. The van der Waals surface area contributed by atoms with Crippen LogP contribution in [-0.4, -0.2) is 33.4 Å². The van der Waals surface area contributed by atoms with Crippen LogP contribution in [0.1, 0.15) is 25.7 Å². The first kappa shape index (κ1) is 13.9. The second kappa shape index (κ2) is 4.74. The summed E-state index contributed by atoms with van der Waals surface area (Å²) >= 11 is 0. The Morgan fingerprint density at radius 2 is 1.90 bits per heavy atom. The van der Waals surface area contributed by atoms with E-state index in [-0.39, 0.29) is 0 Å². The Morgan fingerprint density at radius 1 is 1.25 bits per heavy atom. The number of nitrogens with one attached hydrogen (secondary N) is 1. The molecular formula is C15H22N2O2S. The van der Waals surface area contributed by atoms with Gasteiger partial charge in [0.2, 0.25) is 10.0 Å². The second-order valence-electron chi connectivity index (χ2n) is 6.27. The number of rotatable bonds is 6. The molecule has 2 fully saturated rings. The summed E-state index contributed by atoms with van der Waals surface area (Å²) in [6.07, 6.45) is 5.26. The Morgan fingerprint density at radius 3 is 2.45 bits per heavy atom. The van der Waals surface area contributed by atoms with Crippen molar-refractivity contribution in [3.8, 4) is 0 Å². The standard InChI is InChI=1S/C15H22N2O2S/c1-17(2)20(18,19)14-6-4-3-5-13(14)16-11-15(9-10-15)12-7-8-12/h3-6,12,16H,7-11H2,1-2H3. The lowest BCUT2D eigenvalue weighted by atomic mass is 10.0. The quantitative estimate of drug-likeness (QED) is 0.877. The summed E-state index contributed by atoms with van der Waals surface area (Å²) in [6, 6.07) is 7.19. The molecule has 0 aliphatic heterocycles. The highest BCUT2D eigenvalue weighted by molar-refractivity contribution is 7.89. The predicted molar refractivity (Wildman–Crippen MR) is 80.2 cm³/mol. The molecule has 0 bridgehead atoms. The van der Waals surface area contributed by atoms with E-state index in [0.29, 0.717) is 10.3 Å². The number of hydrogen-bond acceptors (Lipinski definition) is 3. The van der Waals surface area contributed by atoms with Gasteiger partial charge in [0.25, 0.3) is 0 Å². The van der Waals surface area contributed by atoms with Crippen LogP contribution in [0.5, 0.6) is 0 Å². The molecule has 2 aliphatic carbocycles. The fourth-order valence-electron chi connectivity index (χ4n) is 2.89. The Bertz CT molecular complexity index is 602. The van der Waals surface area contributed by atoms with Gasteiger partial charge in [-0.15, -0.1) is 0 Å². The van der Waals surface area contributed by atoms with Gasteiger partial charge in [0.15, 0.2) is 0 Å². The third-order valence-corrected chi connectivity index (χ3v) is 6.49. The second-order valence-corrected chi connectivity index (χ2v) is 8.39. The van der Waals surface area contributed by atoms with E-state index in [2.05, 4.69) is 5.32 Å². The highest BCUT2D eigenvalue weighted by atomic mass is 32.2. The number of para-hydroxylation sites is 1. The highest BCUT2D eigenvalue weighted by Crippen LogP contribution is 2.61. The molecule has 20 heavy (non-hydrogen) atoms. The van der Waals surface area contributed by atoms with Crippen LogP contribution >= 0.6 is 0 Å². The van der Waals surface area contributed by atoms with Gasteiger partial charge in [-0.25, -0.2) is 12.7 Å². The van der Waals surface area contributed by atoms with E-state index in [1.165, 1.54) is 30.0 Å². The molecule has 0 radical (unpaired) electrons. The van der Waals surface area contributed by atoms with Crippen LogP contribution in [0.4, 0.5) is 5.69 Å². The Kier molecular flexibility index (Phi) is 3.29. The first-order chi connectivity index (χ1) is 9.46. The minimum Gasteiger partial charge on any atom is -0.383 e. The molecule has 3 rings (SSSR count). The third-order valence-electron chi connectivity index (χ3n) is 4.61. The molecule has 0 atom stereocenters. The van der Waals surface area contributed by atoms with Crippen LogP contribution in [0.25, 0.3) is 0 Å². The molecule has 0 spiro atoms. The van der Waals surface area contributed by atoms with Crippen molar-refractivity contribution in [2.24, 2.45) is 11.3 Å². The minimum absolute atomic E-state index is 0.372. The zero-order chi connectivity index (χ0) is 14.4. The molecule has 4 nitrogen and oxygen atoms in total. The Balaban J connectivity index is 1.80. The lowest BCUT2D eigenvalue weighted by Crippen LogP contribution is -2.24. The summed E-state index contributed by atoms with van der Waals surface area (Å²) in [5.41, 5.74) is 1.18. The molecule has 110 valence electrons. The van der Waals surface area contributed by atoms with Crippen molar-refractivity contribution in [2.45, 2.75) is 30.6 Å². The number of hydrogen-bond donors (Lipinski definition) is 1. The molecule has 1 N–H and O–H groups in total. The van der Waals surface area contributed by atoms with E-state index in [9.17, 15) is 8.42 Å². The van der Waals surface area contributed by atoms with Gasteiger partial charge in [-0.1, -0.05) is 12.1 Å². The van der Waals surface area contributed by atoms with Crippen molar-refractivity contribution in [3.63, 3.8) is 0 Å². The van der Waals surface area contributed by atoms with Gasteiger partial charge in [0.05, 0.1) is 5.69 Å². The van der Waals surface area contributed by atoms with Crippen LogP contribution < -0.4 is 5.32 Å². The fourth-order valence-corrected chi connectivity index (χ4v) is 3.95. The largest absolute Gasteiger partial charge is 0.383 e. The molecule has 0 amide bonds. The van der Waals surface area contributed by atoms with Gasteiger partial charge in [-0.3, -0.25) is 0 Å². The maximum atomic E-state index is 12.3. The molecule has 2 aliphatic rings. The Labute approximate surface area is 121 Å². The first-order valence-corrected chi connectivity index (χ1v) is 8.65. The number of nitrogens with zero attached hydrogens (tertiary/aromatic N) is 1. The summed E-state index contributed by atoms with van der Waals surface area (Å²) in [7, 11) is -0.252. The summed E-state index contributed by atoms with van der Waals surface area (Å²) in [6.45, 7) is 0.900. The Hall–Kier alpha value is -1.07. The lowest BCUT2D eigenvalue weighted by molar-refractivity contribution is 0.466. The van der Waals surface area contributed by atoms with Crippen molar-refractivity contribution in [2.75, 3.05) is 26.0 Å². The molecule has 0 unspecified atom stereocenters. The van der Waals surface area contributed by atoms with Crippen molar-refractivity contribution in [1.82, 2.24) is 4.31 Å². The SMILES string of the molecule is CN(C)S(=O)(=O)c1ccccc1NCC1(C2CC2)CC1. The van der Waals surface area contributed by atoms with E-state index in [1.807, 2.05) is 12.1 Å². The van der Waals surface area contributed by atoms with Crippen LogP contribution in [0.2, 0.25) is 0 Å². The van der Waals surface area contributed by atoms with Gasteiger partial charge in [-0.2, -0.15) is 0 Å². The molecule has 2 saturated carbocycles. The monoisotopic (exact) mass is 294 g/mol. The average Bonchev–Trinajstić information content (AvgIpc) is 3.27. The lowest BCUT2D eigenvalue weighted by Gasteiger charge is -2.19. The first-order valence-electron chi connectivity index (χ1n) is 7.21. The summed E-state index contributed by atoms with van der Waals surface area (Å²) in [4.78, 5) is 0.372.